The molecule has 1 atom stereocenters. The maximum Gasteiger partial charge on any atom is 0.119 e. The number of methoxy groups -OCH3 is 1. The van der Waals surface area contributed by atoms with Crippen molar-refractivity contribution in [1.29, 1.82) is 0 Å². The van der Waals surface area contributed by atoms with Gasteiger partial charge in [0.05, 0.1) is 7.11 Å². The number of hydrogen-bond acceptors (Lipinski definition) is 3. The highest BCUT2D eigenvalue weighted by Gasteiger charge is 2.22. The van der Waals surface area contributed by atoms with Crippen LogP contribution < -0.4 is 10.1 Å². The van der Waals surface area contributed by atoms with Crippen LogP contribution >= 0.6 is 0 Å². The van der Waals surface area contributed by atoms with Crippen LogP contribution in [-0.4, -0.2) is 18.6 Å². The van der Waals surface area contributed by atoms with Crippen molar-refractivity contribution in [2.75, 3.05) is 13.7 Å². The molecule has 0 radical (unpaired) electrons. The van der Waals surface area contributed by atoms with Gasteiger partial charge in [0.25, 0.3) is 0 Å². The first-order chi connectivity index (χ1) is 9.86. The van der Waals surface area contributed by atoms with Crippen LogP contribution in [0.25, 0.3) is 0 Å². The Labute approximate surface area is 120 Å². The topological polar surface area (TPSA) is 34.1 Å². The number of ether oxygens (including phenoxy) is 1. The highest BCUT2D eigenvalue weighted by Crippen LogP contribution is 2.33. The fraction of sp³-hybridized carbons (Fsp3) is 0.353. The Morgan fingerprint density at radius 3 is 3.05 bits per heavy atom. The molecular weight excluding hydrogens is 248 g/mol. The summed E-state index contributed by atoms with van der Waals surface area (Å²) in [6, 6.07) is 12.9. The Morgan fingerprint density at radius 1 is 1.30 bits per heavy atom. The van der Waals surface area contributed by atoms with E-state index in [4.69, 9.17) is 4.74 Å². The zero-order valence-electron chi connectivity index (χ0n) is 11.8. The van der Waals surface area contributed by atoms with Crippen molar-refractivity contribution in [3.8, 4) is 5.75 Å². The summed E-state index contributed by atoms with van der Waals surface area (Å²) in [5.74, 6) is 0.946. The van der Waals surface area contributed by atoms with E-state index in [1.54, 1.807) is 7.11 Å². The average Bonchev–Trinajstić information content (AvgIpc) is 2.91. The second-order valence-electron chi connectivity index (χ2n) is 5.18. The molecule has 0 aliphatic heterocycles. The van der Waals surface area contributed by atoms with Gasteiger partial charge in [-0.3, -0.25) is 4.98 Å². The van der Waals surface area contributed by atoms with Crippen molar-refractivity contribution in [3.05, 3.63) is 59.4 Å². The van der Waals surface area contributed by atoms with Crippen LogP contribution in [0.3, 0.4) is 0 Å². The Kier molecular flexibility index (Phi) is 3.97. The highest BCUT2D eigenvalue weighted by molar-refractivity contribution is 5.40. The molecule has 0 fully saturated rings. The fourth-order valence-corrected chi connectivity index (χ4v) is 2.84. The molecular formula is C17H20N2O. The van der Waals surface area contributed by atoms with Crippen molar-refractivity contribution in [1.82, 2.24) is 10.3 Å². The molecule has 1 aromatic heterocycles. The molecule has 0 spiro atoms. The molecule has 1 heterocycles. The number of aromatic nitrogens is 1. The summed E-state index contributed by atoms with van der Waals surface area (Å²) < 4.78 is 5.32. The number of aryl methyl sites for hydroxylation is 1. The third-order valence-corrected chi connectivity index (χ3v) is 3.93. The molecule has 0 amide bonds. The predicted molar refractivity (Wildman–Crippen MR) is 80.0 cm³/mol. The minimum Gasteiger partial charge on any atom is -0.497 e. The molecule has 1 aliphatic carbocycles. The van der Waals surface area contributed by atoms with Crippen LogP contribution in [0.5, 0.6) is 5.75 Å². The van der Waals surface area contributed by atoms with E-state index in [9.17, 15) is 0 Å². The molecule has 20 heavy (non-hydrogen) atoms. The predicted octanol–water partition coefficient (Wildman–Crippen LogP) is 2.91. The van der Waals surface area contributed by atoms with Crippen LogP contribution in [0.15, 0.2) is 42.6 Å². The molecule has 1 aromatic carbocycles. The molecule has 1 N–H and O–H groups in total. The van der Waals surface area contributed by atoms with Gasteiger partial charge in [0, 0.05) is 30.9 Å². The van der Waals surface area contributed by atoms with E-state index in [0.29, 0.717) is 6.04 Å². The molecule has 0 bridgehead atoms. The summed E-state index contributed by atoms with van der Waals surface area (Å²) in [7, 11) is 1.72. The smallest absolute Gasteiger partial charge is 0.119 e. The summed E-state index contributed by atoms with van der Waals surface area (Å²) in [5.41, 5.74) is 3.98. The average molecular weight is 268 g/mol. The zero-order valence-corrected chi connectivity index (χ0v) is 11.8. The van der Waals surface area contributed by atoms with Gasteiger partial charge in [0.15, 0.2) is 0 Å². The highest BCUT2D eigenvalue weighted by atomic mass is 16.5. The Hall–Kier alpha value is -1.87. The molecule has 2 aromatic rings. The summed E-state index contributed by atoms with van der Waals surface area (Å²) in [4.78, 5) is 4.35. The lowest BCUT2D eigenvalue weighted by Crippen LogP contribution is -2.22. The van der Waals surface area contributed by atoms with Gasteiger partial charge in [-0.25, -0.2) is 0 Å². The van der Waals surface area contributed by atoms with Crippen molar-refractivity contribution in [2.24, 2.45) is 0 Å². The maximum atomic E-state index is 5.32. The van der Waals surface area contributed by atoms with Gasteiger partial charge in [0.2, 0.25) is 0 Å². The van der Waals surface area contributed by atoms with E-state index >= 15 is 0 Å². The summed E-state index contributed by atoms with van der Waals surface area (Å²) in [6.45, 7) is 0.957. The lowest BCUT2D eigenvalue weighted by molar-refractivity contribution is 0.413. The van der Waals surface area contributed by atoms with Crippen molar-refractivity contribution < 1.29 is 4.74 Å². The van der Waals surface area contributed by atoms with Gasteiger partial charge in [-0.2, -0.15) is 0 Å². The van der Waals surface area contributed by atoms with E-state index < -0.39 is 0 Å². The maximum absolute atomic E-state index is 5.32. The van der Waals surface area contributed by atoms with Gasteiger partial charge in [-0.05, 0) is 48.2 Å². The van der Waals surface area contributed by atoms with Crippen LogP contribution in [0.1, 0.15) is 29.3 Å². The third kappa shape index (κ3) is 2.83. The molecule has 1 unspecified atom stereocenters. The van der Waals surface area contributed by atoms with Gasteiger partial charge in [-0.15, -0.1) is 0 Å². The minimum atomic E-state index is 0.448. The van der Waals surface area contributed by atoms with E-state index in [-0.39, 0.29) is 0 Å². The molecule has 1 aliphatic rings. The van der Waals surface area contributed by atoms with Crippen molar-refractivity contribution in [2.45, 2.75) is 25.3 Å². The van der Waals surface area contributed by atoms with Crippen LogP contribution in [0, 0.1) is 0 Å². The summed E-state index contributed by atoms with van der Waals surface area (Å²) >= 11 is 0. The monoisotopic (exact) mass is 268 g/mol. The van der Waals surface area contributed by atoms with Gasteiger partial charge >= 0.3 is 0 Å². The molecule has 3 rings (SSSR count). The molecule has 3 heteroatoms. The summed E-state index contributed by atoms with van der Waals surface area (Å²) in [6.07, 6.45) is 5.15. The third-order valence-electron chi connectivity index (χ3n) is 3.93. The molecule has 0 saturated carbocycles. The van der Waals surface area contributed by atoms with Gasteiger partial charge < -0.3 is 10.1 Å². The largest absolute Gasteiger partial charge is 0.497 e. The van der Waals surface area contributed by atoms with Crippen LogP contribution in [0.4, 0.5) is 0 Å². The lowest BCUT2D eigenvalue weighted by atomic mass is 10.1. The van der Waals surface area contributed by atoms with E-state index in [0.717, 1.165) is 30.8 Å². The first-order valence-electron chi connectivity index (χ1n) is 7.17. The van der Waals surface area contributed by atoms with E-state index in [1.165, 1.54) is 17.5 Å². The number of benzene rings is 1. The summed E-state index contributed by atoms with van der Waals surface area (Å²) in [5, 5.41) is 3.64. The molecule has 3 nitrogen and oxygen atoms in total. The van der Waals surface area contributed by atoms with E-state index in [2.05, 4.69) is 34.6 Å². The lowest BCUT2D eigenvalue weighted by Gasteiger charge is -2.14. The standard InChI is InChI=1S/C17H20N2O/c1-20-15-7-5-13-6-8-17(16(13)12-15)19-11-9-14-4-2-3-10-18-14/h2-5,7,10,12,17,19H,6,8-9,11H2,1H3. The van der Waals surface area contributed by atoms with Crippen LogP contribution in [0.2, 0.25) is 0 Å². The fourth-order valence-electron chi connectivity index (χ4n) is 2.84. The Balaban J connectivity index is 1.60. The molecule has 0 saturated heterocycles. The number of nitrogens with zero attached hydrogens (tertiary/aromatic N) is 1. The number of hydrogen-bond donors (Lipinski definition) is 1. The van der Waals surface area contributed by atoms with Crippen molar-refractivity contribution in [3.63, 3.8) is 0 Å². The Bertz CT molecular complexity index is 568. The number of fused-ring (bicyclic) bond motifs is 1. The van der Waals surface area contributed by atoms with Gasteiger partial charge in [0.1, 0.15) is 5.75 Å². The second-order valence-corrected chi connectivity index (χ2v) is 5.18. The minimum absolute atomic E-state index is 0.448. The first-order valence-corrected chi connectivity index (χ1v) is 7.17. The number of rotatable bonds is 5. The van der Waals surface area contributed by atoms with Gasteiger partial charge in [-0.1, -0.05) is 12.1 Å². The SMILES string of the molecule is COc1ccc2c(c1)C(NCCc1ccccn1)CC2. The second kappa shape index (κ2) is 6.06. The van der Waals surface area contributed by atoms with Crippen LogP contribution in [-0.2, 0) is 12.8 Å². The quantitative estimate of drug-likeness (QED) is 0.905. The molecule has 104 valence electrons. The number of pyridine rings is 1. The zero-order chi connectivity index (χ0) is 13.8. The van der Waals surface area contributed by atoms with E-state index in [1.807, 2.05) is 18.3 Å². The van der Waals surface area contributed by atoms with Crippen molar-refractivity contribution >= 4 is 0 Å². The normalized spacial score (nSPS) is 16.9. The first kappa shape index (κ1) is 13.1. The number of nitrogens with one attached hydrogen (secondary N) is 1. The Morgan fingerprint density at radius 2 is 2.25 bits per heavy atom.